The van der Waals surface area contributed by atoms with E-state index in [9.17, 15) is 9.59 Å². The highest BCUT2D eigenvalue weighted by atomic mass is 16.2. The Morgan fingerprint density at radius 3 is 2.80 bits per heavy atom. The van der Waals surface area contributed by atoms with Gasteiger partial charge in [0.25, 0.3) is 0 Å². The van der Waals surface area contributed by atoms with E-state index >= 15 is 0 Å². The van der Waals surface area contributed by atoms with E-state index in [1.165, 1.54) is 0 Å². The maximum Gasteiger partial charge on any atom is 0.209 e. The Kier molecular flexibility index (Phi) is 3.01. The monoisotopic (exact) mass is 268 g/mol. The van der Waals surface area contributed by atoms with Gasteiger partial charge >= 0.3 is 0 Å². The Hall–Kier alpha value is -2.23. The minimum atomic E-state index is -0.610. The van der Waals surface area contributed by atoms with Crippen molar-refractivity contribution in [1.82, 2.24) is 9.55 Å². The molecule has 0 amide bonds. The fourth-order valence-corrected chi connectivity index (χ4v) is 2.91. The Labute approximate surface area is 117 Å². The number of rotatable bonds is 2. The van der Waals surface area contributed by atoms with Gasteiger partial charge in [-0.05, 0) is 17.9 Å². The number of benzene rings is 1. The predicted molar refractivity (Wildman–Crippen MR) is 74.8 cm³/mol. The van der Waals surface area contributed by atoms with Crippen LogP contribution < -0.4 is 0 Å². The molecule has 0 radical (unpaired) electrons. The first-order chi connectivity index (χ1) is 9.59. The normalized spacial score (nSPS) is 21.6. The highest BCUT2D eigenvalue weighted by molar-refractivity contribution is 6.16. The number of fused-ring (bicyclic) bond motifs is 1. The first kappa shape index (κ1) is 12.8. The molecular weight excluding hydrogens is 252 g/mol. The van der Waals surface area contributed by atoms with Crippen molar-refractivity contribution >= 4 is 11.6 Å². The molecule has 0 bridgehead atoms. The molecule has 2 atom stereocenters. The van der Waals surface area contributed by atoms with Gasteiger partial charge in [-0.25, -0.2) is 4.98 Å². The predicted octanol–water partition coefficient (Wildman–Crippen LogP) is 2.61. The third kappa shape index (κ3) is 1.88. The summed E-state index contributed by atoms with van der Waals surface area (Å²) in [6.07, 6.45) is 3.86. The van der Waals surface area contributed by atoms with Gasteiger partial charge in [0.2, 0.25) is 5.78 Å². The molecule has 1 heterocycles. The number of ketones is 2. The molecule has 1 aliphatic carbocycles. The molecule has 102 valence electrons. The summed E-state index contributed by atoms with van der Waals surface area (Å²) in [5, 5.41) is 0. The van der Waals surface area contributed by atoms with Crippen molar-refractivity contribution in [1.29, 1.82) is 0 Å². The summed E-state index contributed by atoms with van der Waals surface area (Å²) in [4.78, 5) is 29.2. The molecule has 1 aromatic heterocycles. The number of aromatic nitrogens is 2. The van der Waals surface area contributed by atoms with E-state index in [2.05, 4.69) is 11.9 Å². The summed E-state index contributed by atoms with van der Waals surface area (Å²) < 4.78 is 1.67. The molecule has 0 saturated carbocycles. The lowest BCUT2D eigenvalue weighted by molar-refractivity contribution is 0.0774. The van der Waals surface area contributed by atoms with Crippen LogP contribution in [0.1, 0.15) is 45.8 Å². The van der Waals surface area contributed by atoms with Gasteiger partial charge in [-0.1, -0.05) is 31.2 Å². The molecule has 0 fully saturated rings. The molecule has 3 rings (SSSR count). The standard InChI is InChI=1S/C16H16N2O2/c1-10-9-13(15(20)16-17-7-8-18(16)2)14(19)12-6-4-3-5-11(10)12/h3-8,10,13H,9H2,1-2H3. The number of carbonyl (C=O) groups is 2. The van der Waals surface area contributed by atoms with Gasteiger partial charge < -0.3 is 4.57 Å². The fraction of sp³-hybridized carbons (Fsp3) is 0.312. The van der Waals surface area contributed by atoms with Crippen LogP contribution in [0.4, 0.5) is 0 Å². The van der Waals surface area contributed by atoms with Crippen LogP contribution in [0.25, 0.3) is 0 Å². The molecule has 0 aliphatic heterocycles. The van der Waals surface area contributed by atoms with E-state index in [4.69, 9.17) is 0 Å². The summed E-state index contributed by atoms with van der Waals surface area (Å²) in [7, 11) is 1.77. The lowest BCUT2D eigenvalue weighted by Crippen LogP contribution is -2.32. The van der Waals surface area contributed by atoms with E-state index in [-0.39, 0.29) is 17.5 Å². The van der Waals surface area contributed by atoms with Crippen molar-refractivity contribution in [3.05, 3.63) is 53.6 Å². The Bertz CT molecular complexity index is 687. The summed E-state index contributed by atoms with van der Waals surface area (Å²) in [6.45, 7) is 2.06. The van der Waals surface area contributed by atoms with Crippen molar-refractivity contribution in [2.75, 3.05) is 0 Å². The maximum absolute atomic E-state index is 12.6. The fourth-order valence-electron chi connectivity index (χ4n) is 2.91. The van der Waals surface area contributed by atoms with Gasteiger partial charge in [0, 0.05) is 25.0 Å². The van der Waals surface area contributed by atoms with Crippen LogP contribution in [0.15, 0.2) is 36.7 Å². The van der Waals surface area contributed by atoms with Gasteiger partial charge in [-0.2, -0.15) is 0 Å². The average Bonchev–Trinajstić information content (AvgIpc) is 2.88. The number of imidazole rings is 1. The molecule has 1 aliphatic rings. The van der Waals surface area contributed by atoms with Crippen LogP contribution >= 0.6 is 0 Å². The van der Waals surface area contributed by atoms with Crippen molar-refractivity contribution in [3.8, 4) is 0 Å². The third-order valence-electron chi connectivity index (χ3n) is 4.02. The second kappa shape index (κ2) is 4.71. The quantitative estimate of drug-likeness (QED) is 0.621. The topological polar surface area (TPSA) is 52.0 Å². The van der Waals surface area contributed by atoms with Gasteiger partial charge in [0.15, 0.2) is 11.6 Å². The van der Waals surface area contributed by atoms with Crippen LogP contribution in [0.5, 0.6) is 0 Å². The van der Waals surface area contributed by atoms with Crippen molar-refractivity contribution in [3.63, 3.8) is 0 Å². The van der Waals surface area contributed by atoms with E-state index in [0.29, 0.717) is 17.8 Å². The minimum Gasteiger partial charge on any atom is -0.332 e. The van der Waals surface area contributed by atoms with E-state index in [0.717, 1.165) is 5.56 Å². The van der Waals surface area contributed by atoms with Crippen LogP contribution in [0.3, 0.4) is 0 Å². The molecule has 4 heteroatoms. The third-order valence-corrected chi connectivity index (χ3v) is 4.02. The van der Waals surface area contributed by atoms with Crippen molar-refractivity contribution < 1.29 is 9.59 Å². The van der Waals surface area contributed by atoms with Gasteiger partial charge in [0.05, 0.1) is 5.92 Å². The highest BCUT2D eigenvalue weighted by Crippen LogP contribution is 2.35. The van der Waals surface area contributed by atoms with Crippen LogP contribution in [-0.4, -0.2) is 21.1 Å². The Morgan fingerprint density at radius 2 is 2.10 bits per heavy atom. The zero-order valence-corrected chi connectivity index (χ0v) is 11.5. The summed E-state index contributed by atoms with van der Waals surface area (Å²) in [6, 6.07) is 7.56. The van der Waals surface area contributed by atoms with E-state index in [1.807, 2.05) is 24.3 Å². The molecule has 2 unspecified atom stereocenters. The van der Waals surface area contributed by atoms with Gasteiger partial charge in [0.1, 0.15) is 0 Å². The zero-order chi connectivity index (χ0) is 14.3. The van der Waals surface area contributed by atoms with E-state index < -0.39 is 5.92 Å². The van der Waals surface area contributed by atoms with Crippen LogP contribution in [0, 0.1) is 5.92 Å². The second-order valence-electron chi connectivity index (χ2n) is 5.37. The molecule has 4 nitrogen and oxygen atoms in total. The molecule has 0 spiro atoms. The molecule has 0 saturated heterocycles. The summed E-state index contributed by atoms with van der Waals surface area (Å²) in [5.74, 6) is -0.301. The zero-order valence-electron chi connectivity index (χ0n) is 11.5. The lowest BCUT2D eigenvalue weighted by atomic mass is 9.75. The average molecular weight is 268 g/mol. The Balaban J connectivity index is 2.00. The molecule has 0 N–H and O–H groups in total. The number of nitrogens with zero attached hydrogens (tertiary/aromatic N) is 2. The minimum absolute atomic E-state index is 0.0771. The number of aryl methyl sites for hydroxylation is 1. The Morgan fingerprint density at radius 1 is 1.35 bits per heavy atom. The maximum atomic E-state index is 12.6. The first-order valence-electron chi connectivity index (χ1n) is 6.74. The number of Topliss-reactive ketones (excluding diaryl/α,β-unsaturated/α-hetero) is 2. The van der Waals surface area contributed by atoms with Crippen LogP contribution in [0.2, 0.25) is 0 Å². The molecule has 2 aromatic rings. The number of hydrogen-bond donors (Lipinski definition) is 0. The van der Waals surface area contributed by atoms with Crippen LogP contribution in [-0.2, 0) is 7.05 Å². The second-order valence-corrected chi connectivity index (χ2v) is 5.37. The smallest absolute Gasteiger partial charge is 0.209 e. The van der Waals surface area contributed by atoms with Crippen molar-refractivity contribution in [2.24, 2.45) is 13.0 Å². The summed E-state index contributed by atoms with van der Waals surface area (Å²) >= 11 is 0. The highest BCUT2D eigenvalue weighted by Gasteiger charge is 2.37. The molecular formula is C16H16N2O2. The molecule has 20 heavy (non-hydrogen) atoms. The van der Waals surface area contributed by atoms with Gasteiger partial charge in [-0.15, -0.1) is 0 Å². The number of carbonyl (C=O) groups excluding carboxylic acids is 2. The summed E-state index contributed by atoms with van der Waals surface area (Å²) in [5.41, 5.74) is 1.72. The largest absolute Gasteiger partial charge is 0.332 e. The lowest BCUT2D eigenvalue weighted by Gasteiger charge is -2.27. The van der Waals surface area contributed by atoms with Gasteiger partial charge in [-0.3, -0.25) is 9.59 Å². The molecule has 1 aromatic carbocycles. The first-order valence-corrected chi connectivity index (χ1v) is 6.74. The van der Waals surface area contributed by atoms with Crippen molar-refractivity contribution in [2.45, 2.75) is 19.3 Å². The van der Waals surface area contributed by atoms with E-state index in [1.54, 1.807) is 24.0 Å². The SMILES string of the molecule is CC1CC(C(=O)c2nccn2C)C(=O)c2ccccc21. The number of hydrogen-bond acceptors (Lipinski definition) is 3.